The van der Waals surface area contributed by atoms with E-state index in [1.807, 2.05) is 37.4 Å². The highest BCUT2D eigenvalue weighted by Crippen LogP contribution is 2.38. The van der Waals surface area contributed by atoms with Gasteiger partial charge in [-0.1, -0.05) is 30.3 Å². The molecule has 0 radical (unpaired) electrons. The van der Waals surface area contributed by atoms with E-state index < -0.39 is 5.54 Å². The van der Waals surface area contributed by atoms with Gasteiger partial charge in [-0.05, 0) is 18.4 Å². The lowest BCUT2D eigenvalue weighted by molar-refractivity contribution is -0.145. The molecule has 2 rings (SSSR count). The molecular formula is C18H26N2O4. The fourth-order valence-corrected chi connectivity index (χ4v) is 3.37. The van der Waals surface area contributed by atoms with Gasteiger partial charge in [0.1, 0.15) is 13.2 Å². The molecule has 0 N–H and O–H groups in total. The Hall–Kier alpha value is -1.92. The summed E-state index contributed by atoms with van der Waals surface area (Å²) in [6.45, 7) is 1.34. The monoisotopic (exact) mass is 334 g/mol. The van der Waals surface area contributed by atoms with E-state index in [1.165, 1.54) is 14.2 Å². The molecule has 132 valence electrons. The van der Waals surface area contributed by atoms with Crippen LogP contribution in [0.25, 0.3) is 0 Å². The molecule has 0 atom stereocenters. The largest absolute Gasteiger partial charge is 0.375 e. The first-order valence-corrected chi connectivity index (χ1v) is 8.13. The van der Waals surface area contributed by atoms with Crippen molar-refractivity contribution in [2.24, 2.45) is 0 Å². The minimum absolute atomic E-state index is 0.00923. The molecule has 2 amide bonds. The third kappa shape index (κ3) is 3.76. The van der Waals surface area contributed by atoms with E-state index in [2.05, 4.69) is 0 Å². The van der Waals surface area contributed by atoms with E-state index in [4.69, 9.17) is 9.47 Å². The lowest BCUT2D eigenvalue weighted by Crippen LogP contribution is -2.55. The lowest BCUT2D eigenvalue weighted by Gasteiger charge is -2.47. The maximum Gasteiger partial charge on any atom is 0.249 e. The van der Waals surface area contributed by atoms with Crippen molar-refractivity contribution in [2.75, 3.05) is 47.6 Å². The molecule has 1 saturated heterocycles. The van der Waals surface area contributed by atoms with Crippen molar-refractivity contribution >= 4 is 11.8 Å². The van der Waals surface area contributed by atoms with Gasteiger partial charge in [-0.25, -0.2) is 0 Å². The van der Waals surface area contributed by atoms with Crippen LogP contribution in [-0.4, -0.2) is 69.2 Å². The molecule has 1 fully saturated rings. The zero-order chi connectivity index (χ0) is 17.6. The van der Waals surface area contributed by atoms with Crippen molar-refractivity contribution in [3.8, 4) is 0 Å². The Morgan fingerprint density at radius 3 is 2.21 bits per heavy atom. The smallest absolute Gasteiger partial charge is 0.249 e. The van der Waals surface area contributed by atoms with Crippen LogP contribution in [0.4, 0.5) is 0 Å². The Labute approximate surface area is 143 Å². The second-order valence-electron chi connectivity index (χ2n) is 6.10. The summed E-state index contributed by atoms with van der Waals surface area (Å²) in [6.07, 6.45) is 1.39. The third-order valence-electron chi connectivity index (χ3n) is 4.81. The number of hydrogen-bond acceptors (Lipinski definition) is 4. The predicted molar refractivity (Wildman–Crippen MR) is 90.5 cm³/mol. The summed E-state index contributed by atoms with van der Waals surface area (Å²) in [6, 6.07) is 10.0. The van der Waals surface area contributed by atoms with Gasteiger partial charge in [0.05, 0.1) is 5.54 Å². The van der Waals surface area contributed by atoms with Crippen LogP contribution in [0, 0.1) is 0 Å². The highest BCUT2D eigenvalue weighted by molar-refractivity contribution is 5.79. The fraction of sp³-hybridized carbons (Fsp3) is 0.556. The number of piperidine rings is 1. The molecule has 24 heavy (non-hydrogen) atoms. The first kappa shape index (κ1) is 18.4. The van der Waals surface area contributed by atoms with Crippen molar-refractivity contribution in [3.63, 3.8) is 0 Å². The van der Waals surface area contributed by atoms with Gasteiger partial charge in [-0.15, -0.1) is 0 Å². The molecule has 0 spiro atoms. The Kier molecular flexibility index (Phi) is 6.34. The number of nitrogens with zero attached hydrogens (tertiary/aromatic N) is 2. The molecule has 6 heteroatoms. The molecule has 1 aliphatic heterocycles. The number of carbonyl (C=O) groups is 2. The van der Waals surface area contributed by atoms with Crippen molar-refractivity contribution in [1.29, 1.82) is 0 Å². The quantitative estimate of drug-likeness (QED) is 0.786. The summed E-state index contributed by atoms with van der Waals surface area (Å²) >= 11 is 0. The number of carbonyl (C=O) groups excluding carboxylic acids is 2. The second kappa shape index (κ2) is 8.26. The van der Waals surface area contributed by atoms with Gasteiger partial charge in [-0.2, -0.15) is 0 Å². The summed E-state index contributed by atoms with van der Waals surface area (Å²) in [5.74, 6) is -0.0666. The molecule has 1 aliphatic rings. The van der Waals surface area contributed by atoms with E-state index >= 15 is 0 Å². The zero-order valence-corrected chi connectivity index (χ0v) is 14.7. The van der Waals surface area contributed by atoms with Crippen molar-refractivity contribution < 1.29 is 19.1 Å². The molecule has 1 aromatic rings. The van der Waals surface area contributed by atoms with Crippen LogP contribution in [0.3, 0.4) is 0 Å². The van der Waals surface area contributed by atoms with E-state index in [0.717, 1.165) is 5.56 Å². The minimum atomic E-state index is -0.416. The van der Waals surface area contributed by atoms with E-state index in [0.29, 0.717) is 25.9 Å². The van der Waals surface area contributed by atoms with E-state index in [-0.39, 0.29) is 25.0 Å². The van der Waals surface area contributed by atoms with Crippen LogP contribution in [0.5, 0.6) is 0 Å². The summed E-state index contributed by atoms with van der Waals surface area (Å²) in [5, 5.41) is 0. The summed E-state index contributed by atoms with van der Waals surface area (Å²) in [5.41, 5.74) is 0.677. The average Bonchev–Trinajstić information content (AvgIpc) is 2.62. The lowest BCUT2D eigenvalue weighted by atomic mass is 9.79. The minimum Gasteiger partial charge on any atom is -0.375 e. The van der Waals surface area contributed by atoms with Gasteiger partial charge in [0.2, 0.25) is 11.8 Å². The number of ether oxygens (including phenoxy) is 2. The van der Waals surface area contributed by atoms with Gasteiger partial charge < -0.3 is 19.3 Å². The van der Waals surface area contributed by atoms with Crippen LogP contribution in [0.2, 0.25) is 0 Å². The molecule has 0 bridgehead atoms. The SMILES string of the molecule is COCC(=O)N1CCC(c2ccccc2)(N(C)C(=O)COC)CC1. The molecule has 1 heterocycles. The standard InChI is InChI=1S/C18H26N2O4/c1-19(16(21)13-23-2)18(15-7-5-4-6-8-15)9-11-20(12-10-18)17(22)14-24-3/h4-8H,9-14H2,1-3H3. The molecule has 1 aromatic carbocycles. The number of benzene rings is 1. The fourth-order valence-electron chi connectivity index (χ4n) is 3.37. The number of methoxy groups -OCH3 is 2. The summed E-state index contributed by atoms with van der Waals surface area (Å²) < 4.78 is 9.95. The summed E-state index contributed by atoms with van der Waals surface area (Å²) in [7, 11) is 4.86. The maximum atomic E-state index is 12.4. The molecule has 0 unspecified atom stereocenters. The second-order valence-corrected chi connectivity index (χ2v) is 6.10. The van der Waals surface area contributed by atoms with Gasteiger partial charge >= 0.3 is 0 Å². The maximum absolute atomic E-state index is 12.4. The predicted octanol–water partition coefficient (Wildman–Crippen LogP) is 1.26. The number of likely N-dealkylation sites (tertiary alicyclic amines) is 1. The van der Waals surface area contributed by atoms with Crippen molar-refractivity contribution in [2.45, 2.75) is 18.4 Å². The normalized spacial score (nSPS) is 16.7. The topological polar surface area (TPSA) is 59.1 Å². The van der Waals surface area contributed by atoms with Gasteiger partial charge in [0, 0.05) is 34.4 Å². The molecular weight excluding hydrogens is 308 g/mol. The van der Waals surface area contributed by atoms with Crippen LogP contribution in [-0.2, 0) is 24.6 Å². The molecule has 0 saturated carbocycles. The summed E-state index contributed by atoms with van der Waals surface area (Å²) in [4.78, 5) is 28.1. The molecule has 6 nitrogen and oxygen atoms in total. The van der Waals surface area contributed by atoms with Crippen molar-refractivity contribution in [1.82, 2.24) is 9.80 Å². The van der Waals surface area contributed by atoms with E-state index in [9.17, 15) is 9.59 Å². The average molecular weight is 334 g/mol. The first-order chi connectivity index (χ1) is 11.5. The van der Waals surface area contributed by atoms with E-state index in [1.54, 1.807) is 9.80 Å². The first-order valence-electron chi connectivity index (χ1n) is 8.13. The Morgan fingerprint density at radius 1 is 1.08 bits per heavy atom. The number of rotatable bonds is 6. The van der Waals surface area contributed by atoms with Gasteiger partial charge in [0.15, 0.2) is 0 Å². The van der Waals surface area contributed by atoms with Crippen LogP contribution < -0.4 is 0 Å². The van der Waals surface area contributed by atoms with Crippen LogP contribution in [0.15, 0.2) is 30.3 Å². The highest BCUT2D eigenvalue weighted by Gasteiger charge is 2.42. The van der Waals surface area contributed by atoms with Crippen LogP contribution in [0.1, 0.15) is 18.4 Å². The Morgan fingerprint density at radius 2 is 1.67 bits per heavy atom. The highest BCUT2D eigenvalue weighted by atomic mass is 16.5. The molecule has 0 aliphatic carbocycles. The number of amides is 2. The number of likely N-dealkylation sites (N-methyl/N-ethyl adjacent to an activating group) is 1. The zero-order valence-electron chi connectivity index (χ0n) is 14.7. The van der Waals surface area contributed by atoms with Crippen molar-refractivity contribution in [3.05, 3.63) is 35.9 Å². The van der Waals surface area contributed by atoms with Gasteiger partial charge in [-0.3, -0.25) is 9.59 Å². The van der Waals surface area contributed by atoms with Crippen LogP contribution >= 0.6 is 0 Å². The van der Waals surface area contributed by atoms with Gasteiger partial charge in [0.25, 0.3) is 0 Å². The Bertz CT molecular complexity index is 553. The third-order valence-corrected chi connectivity index (χ3v) is 4.81. The Balaban J connectivity index is 2.24. The number of hydrogen-bond donors (Lipinski definition) is 0. The molecule has 0 aromatic heterocycles.